The molecule has 0 saturated carbocycles. The highest BCUT2D eigenvalue weighted by molar-refractivity contribution is 5.33. The van der Waals surface area contributed by atoms with E-state index in [1.54, 1.807) is 19.2 Å². The fourth-order valence-electron chi connectivity index (χ4n) is 2.18. The molecule has 0 fully saturated rings. The Balaban J connectivity index is 2.25. The molecule has 0 aliphatic rings. The minimum absolute atomic E-state index is 0.151. The lowest BCUT2D eigenvalue weighted by molar-refractivity contribution is 0.385. The number of halogens is 3. The highest BCUT2D eigenvalue weighted by atomic mass is 19.2. The van der Waals surface area contributed by atoms with E-state index in [2.05, 4.69) is 5.32 Å². The predicted molar refractivity (Wildman–Crippen MR) is 74.8 cm³/mol. The van der Waals surface area contributed by atoms with Crippen molar-refractivity contribution in [2.75, 3.05) is 14.2 Å². The molecule has 2 aromatic carbocycles. The van der Waals surface area contributed by atoms with Crippen LogP contribution in [0.3, 0.4) is 0 Å². The Morgan fingerprint density at radius 3 is 2.33 bits per heavy atom. The van der Waals surface area contributed by atoms with Gasteiger partial charge in [-0.3, -0.25) is 0 Å². The highest BCUT2D eigenvalue weighted by Gasteiger charge is 2.14. The summed E-state index contributed by atoms with van der Waals surface area (Å²) in [4.78, 5) is 0. The molecule has 2 nitrogen and oxygen atoms in total. The van der Waals surface area contributed by atoms with E-state index >= 15 is 0 Å². The van der Waals surface area contributed by atoms with Gasteiger partial charge >= 0.3 is 0 Å². The Hall–Kier alpha value is -2.01. The summed E-state index contributed by atoms with van der Waals surface area (Å²) < 4.78 is 44.6. The Morgan fingerprint density at radius 2 is 1.71 bits per heavy atom. The number of likely N-dealkylation sites (N-methyl/N-ethyl adjacent to an activating group) is 1. The Kier molecular flexibility index (Phi) is 4.85. The van der Waals surface area contributed by atoms with Gasteiger partial charge in [0.15, 0.2) is 23.2 Å². The first kappa shape index (κ1) is 15.4. The fraction of sp³-hybridized carbons (Fsp3) is 0.250. The lowest BCUT2D eigenvalue weighted by Crippen LogP contribution is -2.19. The zero-order chi connectivity index (χ0) is 15.4. The van der Waals surface area contributed by atoms with Crippen molar-refractivity contribution in [2.45, 2.75) is 12.5 Å². The van der Waals surface area contributed by atoms with E-state index in [-0.39, 0.29) is 11.8 Å². The fourth-order valence-corrected chi connectivity index (χ4v) is 2.18. The van der Waals surface area contributed by atoms with Crippen molar-refractivity contribution in [3.63, 3.8) is 0 Å². The summed E-state index contributed by atoms with van der Waals surface area (Å²) in [6.45, 7) is 0. The summed E-state index contributed by atoms with van der Waals surface area (Å²) in [6, 6.07) is 8.19. The maximum Gasteiger partial charge on any atom is 0.165 e. The standard InChI is InChI=1S/C16H16F3NO/c1-20-15(8-10-3-5-12(17)14(19)7-10)11-4-6-13(18)16(9-11)21-2/h3-7,9,15,20H,8H2,1-2H3. The summed E-state index contributed by atoms with van der Waals surface area (Å²) in [7, 11) is 3.15. The Labute approximate surface area is 121 Å². The number of hydrogen-bond donors (Lipinski definition) is 1. The van der Waals surface area contributed by atoms with Crippen molar-refractivity contribution in [1.82, 2.24) is 5.32 Å². The van der Waals surface area contributed by atoms with Crippen LogP contribution in [-0.4, -0.2) is 14.2 Å². The molecule has 2 aromatic rings. The molecule has 0 spiro atoms. The largest absolute Gasteiger partial charge is 0.494 e. The van der Waals surface area contributed by atoms with Crippen LogP contribution in [0.15, 0.2) is 36.4 Å². The van der Waals surface area contributed by atoms with Gasteiger partial charge in [0.2, 0.25) is 0 Å². The normalized spacial score (nSPS) is 12.2. The van der Waals surface area contributed by atoms with Gasteiger partial charge in [-0.25, -0.2) is 13.2 Å². The summed E-state index contributed by atoms with van der Waals surface area (Å²) in [5.74, 6) is -2.04. The van der Waals surface area contributed by atoms with Crippen LogP contribution >= 0.6 is 0 Å². The van der Waals surface area contributed by atoms with Crippen molar-refractivity contribution >= 4 is 0 Å². The molecule has 0 aromatic heterocycles. The lowest BCUT2D eigenvalue weighted by Gasteiger charge is -2.18. The van der Waals surface area contributed by atoms with Crippen LogP contribution in [0.2, 0.25) is 0 Å². The zero-order valence-corrected chi connectivity index (χ0v) is 11.8. The van der Waals surface area contributed by atoms with Gasteiger partial charge in [0.25, 0.3) is 0 Å². The van der Waals surface area contributed by atoms with E-state index in [9.17, 15) is 13.2 Å². The van der Waals surface area contributed by atoms with Crippen LogP contribution in [-0.2, 0) is 6.42 Å². The van der Waals surface area contributed by atoms with E-state index in [4.69, 9.17) is 4.74 Å². The maximum atomic E-state index is 13.4. The van der Waals surface area contributed by atoms with Crippen LogP contribution in [0.4, 0.5) is 13.2 Å². The van der Waals surface area contributed by atoms with Gasteiger partial charge < -0.3 is 10.1 Å². The van der Waals surface area contributed by atoms with Gasteiger partial charge in [0, 0.05) is 6.04 Å². The van der Waals surface area contributed by atoms with Gasteiger partial charge in [-0.1, -0.05) is 12.1 Å². The molecular weight excluding hydrogens is 279 g/mol. The first-order chi connectivity index (χ1) is 10.0. The van der Waals surface area contributed by atoms with Crippen LogP contribution in [0.25, 0.3) is 0 Å². The van der Waals surface area contributed by atoms with Crippen LogP contribution in [0.5, 0.6) is 5.75 Å². The minimum Gasteiger partial charge on any atom is -0.494 e. The average Bonchev–Trinajstić information content (AvgIpc) is 2.49. The molecule has 1 atom stereocenters. The molecule has 0 radical (unpaired) electrons. The monoisotopic (exact) mass is 295 g/mol. The molecule has 0 aliphatic heterocycles. The molecule has 5 heteroatoms. The molecule has 1 N–H and O–H groups in total. The highest BCUT2D eigenvalue weighted by Crippen LogP contribution is 2.25. The van der Waals surface area contributed by atoms with Crippen molar-refractivity contribution < 1.29 is 17.9 Å². The minimum atomic E-state index is -0.876. The Morgan fingerprint density at radius 1 is 1.00 bits per heavy atom. The second-order valence-electron chi connectivity index (χ2n) is 4.69. The molecule has 0 heterocycles. The number of rotatable bonds is 5. The SMILES string of the molecule is CNC(Cc1ccc(F)c(F)c1)c1ccc(F)c(OC)c1. The van der Waals surface area contributed by atoms with Crippen molar-refractivity contribution in [2.24, 2.45) is 0 Å². The van der Waals surface area contributed by atoms with Gasteiger partial charge in [-0.05, 0) is 48.9 Å². The zero-order valence-electron chi connectivity index (χ0n) is 11.8. The number of nitrogens with one attached hydrogen (secondary N) is 1. The quantitative estimate of drug-likeness (QED) is 0.909. The average molecular weight is 295 g/mol. The number of benzene rings is 2. The summed E-state index contributed by atoms with van der Waals surface area (Å²) in [5.41, 5.74) is 1.46. The van der Waals surface area contributed by atoms with Gasteiger partial charge in [-0.15, -0.1) is 0 Å². The third-order valence-electron chi connectivity index (χ3n) is 3.35. The number of hydrogen-bond acceptors (Lipinski definition) is 2. The van der Waals surface area contributed by atoms with Gasteiger partial charge in [0.05, 0.1) is 7.11 Å². The van der Waals surface area contributed by atoms with E-state index in [1.165, 1.54) is 25.3 Å². The maximum absolute atomic E-state index is 13.4. The van der Waals surface area contributed by atoms with E-state index in [0.29, 0.717) is 12.0 Å². The molecule has 0 amide bonds. The molecule has 21 heavy (non-hydrogen) atoms. The summed E-state index contributed by atoms with van der Waals surface area (Å²) in [6.07, 6.45) is 0.447. The van der Waals surface area contributed by atoms with E-state index in [1.807, 2.05) is 0 Å². The van der Waals surface area contributed by atoms with Crippen molar-refractivity contribution in [1.29, 1.82) is 0 Å². The molecule has 0 aliphatic carbocycles. The first-order valence-corrected chi connectivity index (χ1v) is 6.49. The first-order valence-electron chi connectivity index (χ1n) is 6.49. The topological polar surface area (TPSA) is 21.3 Å². The molecule has 2 rings (SSSR count). The third-order valence-corrected chi connectivity index (χ3v) is 3.35. The van der Waals surface area contributed by atoms with E-state index < -0.39 is 17.5 Å². The van der Waals surface area contributed by atoms with Gasteiger partial charge in [-0.2, -0.15) is 0 Å². The third kappa shape index (κ3) is 3.55. The predicted octanol–water partition coefficient (Wildman–Crippen LogP) is 3.62. The lowest BCUT2D eigenvalue weighted by atomic mass is 9.98. The van der Waals surface area contributed by atoms with Crippen LogP contribution in [0.1, 0.15) is 17.2 Å². The second kappa shape index (κ2) is 6.63. The summed E-state index contributed by atoms with van der Waals surface area (Å²) >= 11 is 0. The number of methoxy groups -OCH3 is 1. The smallest absolute Gasteiger partial charge is 0.165 e. The van der Waals surface area contributed by atoms with Gasteiger partial charge in [0.1, 0.15) is 0 Å². The molecule has 112 valence electrons. The number of ether oxygens (including phenoxy) is 1. The second-order valence-corrected chi connectivity index (χ2v) is 4.69. The summed E-state index contributed by atoms with van der Waals surface area (Å²) in [5, 5.41) is 3.08. The van der Waals surface area contributed by atoms with E-state index in [0.717, 1.165) is 11.6 Å². The van der Waals surface area contributed by atoms with Crippen LogP contribution < -0.4 is 10.1 Å². The van der Waals surface area contributed by atoms with Crippen molar-refractivity contribution in [3.05, 3.63) is 65.0 Å². The Bertz CT molecular complexity index is 631. The molecule has 1 unspecified atom stereocenters. The molecule has 0 saturated heterocycles. The molecular formula is C16H16F3NO. The molecule has 0 bridgehead atoms. The van der Waals surface area contributed by atoms with Crippen LogP contribution in [0, 0.1) is 17.5 Å². The van der Waals surface area contributed by atoms with Crippen molar-refractivity contribution in [3.8, 4) is 5.75 Å².